The number of rotatable bonds is 7. The number of nitrogens with one attached hydrogen (secondary N) is 1. The van der Waals surface area contributed by atoms with Crippen LogP contribution in [0.25, 0.3) is 0 Å². The molecule has 1 aliphatic carbocycles. The lowest BCUT2D eigenvalue weighted by molar-refractivity contribution is -0.00184. The van der Waals surface area contributed by atoms with Gasteiger partial charge in [0.25, 0.3) is 0 Å². The zero-order valence-corrected chi connectivity index (χ0v) is 16.7. The first-order chi connectivity index (χ1) is 12.8. The molecule has 1 aliphatic heterocycles. The van der Waals surface area contributed by atoms with Crippen LogP contribution < -0.4 is 5.32 Å². The zero-order valence-electron chi connectivity index (χ0n) is 15.0. The molecule has 26 heavy (non-hydrogen) atoms. The summed E-state index contributed by atoms with van der Waals surface area (Å²) in [4.78, 5) is 4.62. The van der Waals surface area contributed by atoms with Crippen LogP contribution in [-0.4, -0.2) is 36.6 Å². The number of hydrogen-bond acceptors (Lipinski definition) is 4. The molecule has 1 saturated heterocycles. The van der Waals surface area contributed by atoms with Crippen molar-refractivity contribution < 1.29 is 13.7 Å². The second-order valence-corrected chi connectivity index (χ2v) is 7.97. The third-order valence-corrected chi connectivity index (χ3v) is 5.71. The van der Waals surface area contributed by atoms with E-state index >= 15 is 0 Å². The third kappa shape index (κ3) is 5.71. The first-order valence-corrected chi connectivity index (χ1v) is 11.1. The number of aliphatic imine (C=N–C) groups is 1. The monoisotopic (exact) mass is 399 g/mol. The van der Waals surface area contributed by atoms with Crippen LogP contribution in [0.15, 0.2) is 29.3 Å². The lowest BCUT2D eigenvalue weighted by Gasteiger charge is -2.29. The molecule has 8 heteroatoms. The minimum atomic E-state index is -2.63. The van der Waals surface area contributed by atoms with Gasteiger partial charge in [-0.15, -0.1) is 11.6 Å². The molecule has 1 saturated carbocycles. The van der Waals surface area contributed by atoms with Crippen molar-refractivity contribution in [2.24, 2.45) is 4.99 Å². The lowest BCUT2D eigenvalue weighted by Crippen LogP contribution is -2.46. The van der Waals surface area contributed by atoms with Gasteiger partial charge in [0.15, 0.2) is 0 Å². The van der Waals surface area contributed by atoms with Gasteiger partial charge in [0.05, 0.1) is 18.8 Å². The molecule has 6 nitrogen and oxygen atoms in total. The van der Waals surface area contributed by atoms with Crippen molar-refractivity contribution >= 4 is 31.5 Å². The van der Waals surface area contributed by atoms with E-state index in [1.54, 1.807) is 0 Å². The van der Waals surface area contributed by atoms with Crippen LogP contribution in [0.5, 0.6) is 0 Å². The van der Waals surface area contributed by atoms with Crippen LogP contribution in [0.4, 0.5) is 5.69 Å². The van der Waals surface area contributed by atoms with Gasteiger partial charge >= 0.3 is 8.25 Å². The average molecular weight is 400 g/mol. The fourth-order valence-electron chi connectivity index (χ4n) is 3.42. The Morgan fingerprint density at radius 1 is 1.19 bits per heavy atom. The van der Waals surface area contributed by atoms with Crippen molar-refractivity contribution in [1.82, 2.24) is 10.4 Å². The van der Waals surface area contributed by atoms with E-state index < -0.39 is 8.25 Å². The molecule has 0 bridgehead atoms. The number of hydrogen-bond donors (Lipinski definition) is 1. The molecule has 1 unspecified atom stereocenters. The maximum Gasteiger partial charge on any atom is 0.340 e. The van der Waals surface area contributed by atoms with Crippen molar-refractivity contribution in [3.05, 3.63) is 29.8 Å². The minimum absolute atomic E-state index is 0.204. The van der Waals surface area contributed by atoms with E-state index in [2.05, 4.69) is 22.4 Å². The van der Waals surface area contributed by atoms with Gasteiger partial charge in [-0.05, 0) is 42.9 Å². The highest BCUT2D eigenvalue weighted by Crippen LogP contribution is 2.33. The molecule has 0 radical (unpaired) electrons. The average Bonchev–Trinajstić information content (AvgIpc) is 2.69. The summed E-state index contributed by atoms with van der Waals surface area (Å²) in [5, 5.41) is 4.73. The van der Waals surface area contributed by atoms with Gasteiger partial charge in [-0.25, -0.2) is 10.1 Å². The molecule has 1 aromatic carbocycles. The van der Waals surface area contributed by atoms with E-state index in [0.29, 0.717) is 18.4 Å². The van der Waals surface area contributed by atoms with E-state index in [0.717, 1.165) is 18.7 Å². The number of guanidine groups is 1. The van der Waals surface area contributed by atoms with Crippen molar-refractivity contribution in [3.63, 3.8) is 0 Å². The molecule has 1 heterocycles. The molecule has 3 rings (SSSR count). The van der Waals surface area contributed by atoms with Crippen LogP contribution in [0, 0.1) is 0 Å². The maximum atomic E-state index is 11.8. The highest BCUT2D eigenvalue weighted by atomic mass is 35.5. The van der Waals surface area contributed by atoms with Crippen LogP contribution in [0.3, 0.4) is 0 Å². The summed E-state index contributed by atoms with van der Waals surface area (Å²) in [6.07, 6.45) is 7.47. The Bertz CT molecular complexity index is 621. The third-order valence-electron chi connectivity index (χ3n) is 4.74. The van der Waals surface area contributed by atoms with Crippen LogP contribution >= 0.6 is 19.9 Å². The van der Waals surface area contributed by atoms with Crippen molar-refractivity contribution in [2.45, 2.75) is 44.4 Å². The highest BCUT2D eigenvalue weighted by Gasteiger charge is 2.20. The Morgan fingerprint density at radius 2 is 1.96 bits per heavy atom. The largest absolute Gasteiger partial charge is 0.354 e. The van der Waals surface area contributed by atoms with Gasteiger partial charge in [0, 0.05) is 12.4 Å². The summed E-state index contributed by atoms with van der Waals surface area (Å²) in [5.74, 6) is 1.53. The molecule has 2 aliphatic rings. The van der Waals surface area contributed by atoms with E-state index in [9.17, 15) is 4.57 Å². The van der Waals surface area contributed by atoms with Crippen LogP contribution in [-0.2, 0) is 13.7 Å². The lowest BCUT2D eigenvalue weighted by atomic mass is 9.84. The molecule has 1 N–H and O–H groups in total. The Balaban J connectivity index is 1.64. The normalized spacial score (nSPS) is 21.6. The summed E-state index contributed by atoms with van der Waals surface area (Å²) in [5.41, 5.74) is 2.25. The predicted molar refractivity (Wildman–Crippen MR) is 105 cm³/mol. The fourth-order valence-corrected chi connectivity index (χ4v) is 4.30. The summed E-state index contributed by atoms with van der Waals surface area (Å²) >= 11 is 5.54. The van der Waals surface area contributed by atoms with Crippen molar-refractivity contribution in [2.75, 3.05) is 25.6 Å². The summed E-state index contributed by atoms with van der Waals surface area (Å²) < 4.78 is 22.3. The molecule has 0 aromatic heterocycles. The Morgan fingerprint density at radius 3 is 2.69 bits per heavy atom. The zero-order chi connectivity index (χ0) is 18.2. The molecule has 1 aromatic rings. The smallest absolute Gasteiger partial charge is 0.340 e. The van der Waals surface area contributed by atoms with E-state index in [1.807, 2.05) is 12.1 Å². The van der Waals surface area contributed by atoms with E-state index in [-0.39, 0.29) is 12.5 Å². The van der Waals surface area contributed by atoms with Crippen LogP contribution in [0.2, 0.25) is 0 Å². The van der Waals surface area contributed by atoms with Gasteiger partial charge < -0.3 is 9.84 Å². The first kappa shape index (κ1) is 19.7. The number of hydroxylamine groups is 2. The maximum absolute atomic E-state index is 11.8. The van der Waals surface area contributed by atoms with Gasteiger partial charge in [0.2, 0.25) is 5.96 Å². The molecule has 2 fully saturated rings. The molecule has 1 atom stereocenters. The van der Waals surface area contributed by atoms with Gasteiger partial charge in [-0.1, -0.05) is 31.4 Å². The van der Waals surface area contributed by atoms with Crippen molar-refractivity contribution in [3.8, 4) is 0 Å². The Hall–Kier alpha value is -1.07. The number of benzene rings is 1. The molecular weight excluding hydrogens is 373 g/mol. The van der Waals surface area contributed by atoms with Gasteiger partial charge in [-0.3, -0.25) is 4.57 Å². The first-order valence-electron chi connectivity index (χ1n) is 9.37. The topological polar surface area (TPSA) is 63.2 Å². The van der Waals surface area contributed by atoms with Crippen LogP contribution in [0.1, 0.15) is 50.0 Å². The fraction of sp³-hybridized carbons (Fsp3) is 0.611. The Labute approximate surface area is 160 Å². The van der Waals surface area contributed by atoms with Gasteiger partial charge in [-0.2, -0.15) is 4.62 Å². The summed E-state index contributed by atoms with van der Waals surface area (Å²) in [6.45, 7) is 1.63. The molecule has 0 spiro atoms. The second kappa shape index (κ2) is 10.3. The minimum Gasteiger partial charge on any atom is -0.354 e. The summed E-state index contributed by atoms with van der Waals surface area (Å²) in [7, 11) is -2.63. The van der Waals surface area contributed by atoms with E-state index in [1.165, 1.54) is 42.7 Å². The number of nitrogens with zero attached hydrogens (tertiary/aromatic N) is 2. The SMILES string of the molecule is O=[PH](OCCCl)ON1CCCNC1=Nc1ccc(C2CCCCC2)cc1. The number of halogens is 1. The molecule has 144 valence electrons. The highest BCUT2D eigenvalue weighted by molar-refractivity contribution is 7.33. The number of alkyl halides is 1. The Kier molecular flexibility index (Phi) is 7.81. The predicted octanol–water partition coefficient (Wildman–Crippen LogP) is 4.59. The standard InChI is InChI=1S/C18H27ClN3O3P/c19-11-14-24-26(23)25-22-13-4-12-20-18(22)21-17-9-7-16(8-10-17)15-5-2-1-3-6-15/h7-10,15,26H,1-6,11-14H2,(H,20,21). The second-order valence-electron chi connectivity index (χ2n) is 6.62. The molecule has 0 amide bonds. The summed E-state index contributed by atoms with van der Waals surface area (Å²) in [6, 6.07) is 8.43. The van der Waals surface area contributed by atoms with Crippen molar-refractivity contribution in [1.29, 1.82) is 0 Å². The quantitative estimate of drug-likeness (QED) is 0.536. The van der Waals surface area contributed by atoms with E-state index in [4.69, 9.17) is 20.7 Å². The van der Waals surface area contributed by atoms with Gasteiger partial charge in [0.1, 0.15) is 0 Å². The molecular formula is C18H27ClN3O3P.